The highest BCUT2D eigenvalue weighted by atomic mass is 19.4. The summed E-state index contributed by atoms with van der Waals surface area (Å²) < 4.78 is 45.1. The number of amides is 2. The van der Waals surface area contributed by atoms with Crippen LogP contribution in [-0.2, 0) is 22.3 Å². The second kappa shape index (κ2) is 10.9. The molecule has 1 heterocycles. The van der Waals surface area contributed by atoms with Crippen LogP contribution in [0.2, 0.25) is 0 Å². The Kier molecular flexibility index (Phi) is 7.97. The Labute approximate surface area is 205 Å². The molecule has 1 aliphatic carbocycles. The monoisotopic (exact) mass is 502 g/mol. The Balaban J connectivity index is 1.60. The highest BCUT2D eigenvalue weighted by Crippen LogP contribution is 2.38. The quantitative estimate of drug-likeness (QED) is 0.292. The van der Waals surface area contributed by atoms with Gasteiger partial charge in [0.15, 0.2) is 0 Å². The van der Waals surface area contributed by atoms with Crippen LogP contribution in [0.5, 0.6) is 5.75 Å². The van der Waals surface area contributed by atoms with Gasteiger partial charge in [0, 0.05) is 18.6 Å². The predicted molar refractivity (Wildman–Crippen MR) is 128 cm³/mol. The minimum Gasteiger partial charge on any atom is -0.497 e. The number of halogens is 3. The summed E-state index contributed by atoms with van der Waals surface area (Å²) in [4.78, 5) is 33.0. The average molecular weight is 502 g/mol. The zero-order valence-corrected chi connectivity index (χ0v) is 19.4. The largest absolute Gasteiger partial charge is 0.497 e. The molecule has 1 saturated carbocycles. The maximum absolute atomic E-state index is 13.4. The molecule has 0 spiro atoms. The minimum absolute atomic E-state index is 0.0601. The van der Waals surface area contributed by atoms with Gasteiger partial charge in [-0.05, 0) is 43.2 Å². The fourth-order valence-corrected chi connectivity index (χ4v) is 3.23. The number of benzene rings is 1. The van der Waals surface area contributed by atoms with Gasteiger partial charge in [0.25, 0.3) is 5.91 Å². The van der Waals surface area contributed by atoms with Crippen LogP contribution in [-0.4, -0.2) is 35.7 Å². The van der Waals surface area contributed by atoms with Gasteiger partial charge in [-0.3, -0.25) is 19.6 Å². The van der Waals surface area contributed by atoms with E-state index in [0.29, 0.717) is 24.2 Å². The molecular formula is C24H25F3N6O3. The van der Waals surface area contributed by atoms with Crippen LogP contribution in [0.1, 0.15) is 24.1 Å². The normalized spacial score (nSPS) is 14.7. The van der Waals surface area contributed by atoms with Gasteiger partial charge in [0.1, 0.15) is 11.3 Å². The van der Waals surface area contributed by atoms with Crippen molar-refractivity contribution in [1.29, 1.82) is 0 Å². The molecule has 190 valence electrons. The van der Waals surface area contributed by atoms with Gasteiger partial charge in [-0.15, -0.1) is 0 Å². The number of aromatic nitrogens is 1. The van der Waals surface area contributed by atoms with Crippen molar-refractivity contribution in [2.24, 2.45) is 10.7 Å². The van der Waals surface area contributed by atoms with E-state index >= 15 is 0 Å². The van der Waals surface area contributed by atoms with Crippen LogP contribution < -0.4 is 26.4 Å². The van der Waals surface area contributed by atoms with Crippen molar-refractivity contribution in [1.82, 2.24) is 15.6 Å². The van der Waals surface area contributed by atoms with E-state index in [-0.39, 0.29) is 29.5 Å². The van der Waals surface area contributed by atoms with Crippen molar-refractivity contribution in [3.05, 3.63) is 72.3 Å². The molecule has 0 radical (unpaired) electrons. The third-order valence-electron chi connectivity index (χ3n) is 5.36. The number of nitrogens with one attached hydrogen (secondary N) is 3. The van der Waals surface area contributed by atoms with Crippen LogP contribution in [0.25, 0.3) is 0 Å². The molecule has 0 unspecified atom stereocenters. The zero-order chi connectivity index (χ0) is 26.3. The molecule has 1 aromatic heterocycles. The van der Waals surface area contributed by atoms with Gasteiger partial charge in [-0.1, -0.05) is 6.58 Å². The molecule has 0 saturated heterocycles. The standard InChI is InChI=1S/C24H25F3N6O3/c1-3-29-12-15(11-28)21(34)33-23(8-9-23)22(35)31-13-16-4-5-17(14-30-16)32-20-7-6-18(36-2)10-19(20)24(25,26)27/h3-7,10-12,14,32H,1,8-9,13,28H2,2H3,(H,31,35)(H,33,34)/b15-11+,29-12?. The van der Waals surface area contributed by atoms with Crippen LogP contribution in [0.4, 0.5) is 24.5 Å². The van der Waals surface area contributed by atoms with Crippen LogP contribution in [0.3, 0.4) is 0 Å². The summed E-state index contributed by atoms with van der Waals surface area (Å²) in [5.41, 5.74) is 4.26. The molecule has 36 heavy (non-hydrogen) atoms. The van der Waals surface area contributed by atoms with E-state index in [1.165, 1.54) is 37.9 Å². The number of hydrogen-bond donors (Lipinski definition) is 4. The van der Waals surface area contributed by atoms with Crippen molar-refractivity contribution in [2.45, 2.75) is 31.1 Å². The lowest BCUT2D eigenvalue weighted by atomic mass is 10.1. The van der Waals surface area contributed by atoms with Crippen molar-refractivity contribution < 1.29 is 27.5 Å². The van der Waals surface area contributed by atoms with Crippen molar-refractivity contribution in [3.63, 3.8) is 0 Å². The Bertz CT molecular complexity index is 1190. The van der Waals surface area contributed by atoms with Gasteiger partial charge in [-0.25, -0.2) is 0 Å². The van der Waals surface area contributed by atoms with Crippen molar-refractivity contribution in [2.75, 3.05) is 12.4 Å². The number of hydrogen-bond acceptors (Lipinski definition) is 7. The molecule has 9 nitrogen and oxygen atoms in total. The van der Waals surface area contributed by atoms with Crippen molar-refractivity contribution in [3.8, 4) is 5.75 Å². The molecule has 0 aliphatic heterocycles. The number of pyridine rings is 1. The average Bonchev–Trinajstić information content (AvgIpc) is 3.64. The molecule has 2 amide bonds. The van der Waals surface area contributed by atoms with E-state index < -0.39 is 23.2 Å². The SMILES string of the molecule is C=CN=C/C(=C\N)C(=O)NC1(C(=O)NCc2ccc(Nc3ccc(OC)cc3C(F)(F)F)cn2)CC1. The molecule has 1 aliphatic rings. The fourth-order valence-electron chi connectivity index (χ4n) is 3.23. The Morgan fingerprint density at radius 3 is 2.58 bits per heavy atom. The lowest BCUT2D eigenvalue weighted by Gasteiger charge is -2.17. The minimum atomic E-state index is -4.58. The van der Waals surface area contributed by atoms with Crippen LogP contribution in [0, 0.1) is 0 Å². The number of rotatable bonds is 10. The molecule has 1 aromatic carbocycles. The number of nitrogens with zero attached hydrogens (tertiary/aromatic N) is 2. The van der Waals surface area contributed by atoms with E-state index in [1.807, 2.05) is 0 Å². The first-order valence-corrected chi connectivity index (χ1v) is 10.8. The molecular weight excluding hydrogens is 477 g/mol. The van der Waals surface area contributed by atoms with Crippen LogP contribution >= 0.6 is 0 Å². The maximum atomic E-state index is 13.4. The van der Waals surface area contributed by atoms with E-state index in [2.05, 4.69) is 32.5 Å². The third-order valence-corrected chi connectivity index (χ3v) is 5.36. The van der Waals surface area contributed by atoms with E-state index in [0.717, 1.165) is 12.3 Å². The van der Waals surface area contributed by atoms with Gasteiger partial charge >= 0.3 is 6.18 Å². The van der Waals surface area contributed by atoms with Crippen LogP contribution in [0.15, 0.2) is 66.1 Å². The molecule has 3 rings (SSSR count). The Morgan fingerprint density at radius 2 is 2.03 bits per heavy atom. The van der Waals surface area contributed by atoms with Gasteiger partial charge in [0.05, 0.1) is 48.1 Å². The lowest BCUT2D eigenvalue weighted by Crippen LogP contribution is -2.49. The van der Waals surface area contributed by atoms with E-state index in [9.17, 15) is 22.8 Å². The van der Waals surface area contributed by atoms with E-state index in [4.69, 9.17) is 10.5 Å². The number of nitrogens with two attached hydrogens (primary N) is 1. The van der Waals surface area contributed by atoms with Gasteiger partial charge in [0.2, 0.25) is 5.91 Å². The number of ether oxygens (including phenoxy) is 1. The molecule has 12 heteroatoms. The molecule has 5 N–H and O–H groups in total. The first-order chi connectivity index (χ1) is 17.1. The summed E-state index contributed by atoms with van der Waals surface area (Å²) >= 11 is 0. The third kappa shape index (κ3) is 6.40. The summed E-state index contributed by atoms with van der Waals surface area (Å²) in [6.45, 7) is 3.48. The zero-order valence-electron chi connectivity index (χ0n) is 19.4. The fraction of sp³-hybridized carbons (Fsp3) is 0.250. The lowest BCUT2D eigenvalue weighted by molar-refractivity contribution is -0.137. The van der Waals surface area contributed by atoms with Crippen molar-refractivity contribution >= 4 is 29.4 Å². The summed E-state index contributed by atoms with van der Waals surface area (Å²) in [6.07, 6.45) is 1.26. The van der Waals surface area contributed by atoms with Gasteiger partial charge < -0.3 is 26.4 Å². The molecule has 2 aromatic rings. The smallest absolute Gasteiger partial charge is 0.418 e. The molecule has 1 fully saturated rings. The number of carbonyl (C=O) groups is 2. The summed E-state index contributed by atoms with van der Waals surface area (Å²) in [5.74, 6) is -0.840. The Morgan fingerprint density at radius 1 is 1.28 bits per heavy atom. The number of alkyl halides is 3. The number of aliphatic imine (C=N–C) groups is 1. The number of methoxy groups -OCH3 is 1. The van der Waals surface area contributed by atoms with E-state index in [1.54, 1.807) is 12.1 Å². The first-order valence-electron chi connectivity index (χ1n) is 10.8. The predicted octanol–water partition coefficient (Wildman–Crippen LogP) is 3.17. The summed E-state index contributed by atoms with van der Waals surface area (Å²) in [6, 6.07) is 6.71. The van der Waals surface area contributed by atoms with Gasteiger partial charge in [-0.2, -0.15) is 13.2 Å². The molecule has 0 bridgehead atoms. The number of anilines is 2. The maximum Gasteiger partial charge on any atom is 0.418 e. The second-order valence-electron chi connectivity index (χ2n) is 7.87. The highest BCUT2D eigenvalue weighted by Gasteiger charge is 2.51. The topological polar surface area (TPSA) is 131 Å². The Hall–Kier alpha value is -4.35. The second-order valence-corrected chi connectivity index (χ2v) is 7.87. The number of carbonyl (C=O) groups excluding carboxylic acids is 2. The highest BCUT2D eigenvalue weighted by molar-refractivity contribution is 6.13. The first kappa shape index (κ1) is 26.3. The summed E-state index contributed by atoms with van der Waals surface area (Å²) in [5, 5.41) is 8.09. The molecule has 0 atom stereocenters. The summed E-state index contributed by atoms with van der Waals surface area (Å²) in [7, 11) is 1.29.